The second kappa shape index (κ2) is 12.3. The van der Waals surface area contributed by atoms with Crippen LogP contribution in [0.1, 0.15) is 41.2 Å². The predicted molar refractivity (Wildman–Crippen MR) is 140 cm³/mol. The second-order valence-electron chi connectivity index (χ2n) is 8.55. The number of Topliss-reactive ketones (excluding diaryl/α,β-unsaturated/α-hetero) is 2. The molecule has 0 saturated heterocycles. The van der Waals surface area contributed by atoms with Crippen LogP contribution < -0.4 is 5.32 Å². The number of halogens is 2. The van der Waals surface area contributed by atoms with Crippen LogP contribution in [0, 0.1) is 5.82 Å². The van der Waals surface area contributed by atoms with E-state index in [1.54, 1.807) is 29.1 Å². The molecule has 39 heavy (non-hydrogen) atoms. The normalized spacial score (nSPS) is 12.0. The number of aromatic nitrogens is 7. The number of carbonyl (C=O) groups excluding carboxylic acids is 3. The van der Waals surface area contributed by atoms with Crippen molar-refractivity contribution in [1.82, 2.24) is 40.3 Å². The number of benzene rings is 1. The molecule has 11 nitrogen and oxygen atoms in total. The molecule has 0 fully saturated rings. The molecule has 1 atom stereocenters. The summed E-state index contributed by atoms with van der Waals surface area (Å²) in [7, 11) is 0. The molecular weight excluding hydrogens is 527 g/mol. The smallest absolute Gasteiger partial charge is 0.244 e. The third kappa shape index (κ3) is 6.85. The summed E-state index contributed by atoms with van der Waals surface area (Å²) in [5, 5.41) is 17.8. The van der Waals surface area contributed by atoms with E-state index in [1.165, 1.54) is 42.3 Å². The Labute approximate surface area is 227 Å². The number of carbonyl (C=O) groups is 3. The summed E-state index contributed by atoms with van der Waals surface area (Å²) in [6.07, 6.45) is 6.87. The molecule has 0 aliphatic heterocycles. The number of amides is 1. The van der Waals surface area contributed by atoms with Gasteiger partial charge in [0.05, 0.1) is 28.9 Å². The van der Waals surface area contributed by atoms with Crippen LogP contribution >= 0.6 is 11.6 Å². The fourth-order valence-electron chi connectivity index (χ4n) is 3.75. The van der Waals surface area contributed by atoms with Crippen molar-refractivity contribution < 1.29 is 18.8 Å². The number of ketones is 2. The molecule has 0 bridgehead atoms. The molecule has 200 valence electrons. The van der Waals surface area contributed by atoms with Gasteiger partial charge in [-0.1, -0.05) is 11.6 Å². The first-order chi connectivity index (χ1) is 18.7. The Morgan fingerprint density at radius 1 is 1.15 bits per heavy atom. The molecule has 3 aromatic heterocycles. The Morgan fingerprint density at radius 3 is 2.62 bits per heavy atom. The molecule has 3 heterocycles. The number of hydrogen-bond acceptors (Lipinski definition) is 8. The van der Waals surface area contributed by atoms with Crippen molar-refractivity contribution in [2.75, 3.05) is 0 Å². The standard InChI is InChI=1S/C26H24ClFN8O3/c1-3-35-11-10-19(32-35)12-22(24(38)13-18-5-4-17(14-29-18)16(2)37)31-25(39)9-6-20-23(36-15-30-33-34-36)8-7-21(27)26(20)28/h4-11,14-15,22H,3,12-13H2,1-2H3,(H,31,39)/b9-6+/t22-/m0/s1. The van der Waals surface area contributed by atoms with Crippen LogP contribution in [0.25, 0.3) is 11.8 Å². The molecule has 0 aliphatic carbocycles. The molecular formula is C26H24ClFN8O3. The van der Waals surface area contributed by atoms with Gasteiger partial charge in [-0.15, -0.1) is 5.10 Å². The van der Waals surface area contributed by atoms with Crippen molar-refractivity contribution in [2.24, 2.45) is 0 Å². The average Bonchev–Trinajstić information content (AvgIpc) is 3.62. The predicted octanol–water partition coefficient (Wildman–Crippen LogP) is 2.82. The minimum absolute atomic E-state index is 0.00993. The first-order valence-electron chi connectivity index (χ1n) is 12.0. The lowest BCUT2D eigenvalue weighted by atomic mass is 10.0. The van der Waals surface area contributed by atoms with Crippen molar-refractivity contribution in [1.29, 1.82) is 0 Å². The summed E-state index contributed by atoms with van der Waals surface area (Å²) in [6.45, 7) is 4.01. The third-order valence-electron chi connectivity index (χ3n) is 5.83. The summed E-state index contributed by atoms with van der Waals surface area (Å²) >= 11 is 5.95. The van der Waals surface area contributed by atoms with E-state index in [2.05, 4.69) is 30.9 Å². The Morgan fingerprint density at radius 2 is 1.97 bits per heavy atom. The molecule has 0 radical (unpaired) electrons. The van der Waals surface area contributed by atoms with Crippen LogP contribution in [0.5, 0.6) is 0 Å². The van der Waals surface area contributed by atoms with Gasteiger partial charge in [-0.2, -0.15) is 9.78 Å². The maximum Gasteiger partial charge on any atom is 0.244 e. The first kappa shape index (κ1) is 27.5. The number of pyridine rings is 1. The van der Waals surface area contributed by atoms with E-state index in [9.17, 15) is 18.8 Å². The molecule has 1 aromatic carbocycles. The third-order valence-corrected chi connectivity index (χ3v) is 6.12. The van der Waals surface area contributed by atoms with Crippen LogP contribution in [-0.4, -0.2) is 58.5 Å². The fraction of sp³-hybridized carbons (Fsp3) is 0.231. The first-order valence-corrected chi connectivity index (χ1v) is 12.3. The SMILES string of the molecule is CCn1ccc(C[C@H](NC(=O)/C=C/c2c(-n3cnnn3)ccc(Cl)c2F)C(=O)Cc2ccc(C(C)=O)cn2)n1. The van der Waals surface area contributed by atoms with Crippen molar-refractivity contribution in [2.45, 2.75) is 39.3 Å². The lowest BCUT2D eigenvalue weighted by Crippen LogP contribution is -2.42. The highest BCUT2D eigenvalue weighted by Crippen LogP contribution is 2.25. The molecule has 0 spiro atoms. The average molecular weight is 551 g/mol. The summed E-state index contributed by atoms with van der Waals surface area (Å²) in [4.78, 5) is 41.9. The zero-order chi connectivity index (χ0) is 27.9. The summed E-state index contributed by atoms with van der Waals surface area (Å²) in [5.74, 6) is -1.84. The number of tetrazole rings is 1. The van der Waals surface area contributed by atoms with E-state index >= 15 is 0 Å². The van der Waals surface area contributed by atoms with Gasteiger partial charge in [0.25, 0.3) is 0 Å². The second-order valence-corrected chi connectivity index (χ2v) is 8.95. The van der Waals surface area contributed by atoms with Gasteiger partial charge in [-0.25, -0.2) is 4.39 Å². The van der Waals surface area contributed by atoms with Crippen LogP contribution in [-0.2, 0) is 29.0 Å². The maximum atomic E-state index is 14.8. The van der Waals surface area contributed by atoms with Gasteiger partial charge in [0.15, 0.2) is 17.4 Å². The Balaban J connectivity index is 1.55. The summed E-state index contributed by atoms with van der Waals surface area (Å²) in [6, 6.07) is 6.89. The van der Waals surface area contributed by atoms with E-state index in [4.69, 9.17) is 11.6 Å². The largest absolute Gasteiger partial charge is 0.342 e. The Bertz CT molecular complexity index is 1520. The molecule has 4 rings (SSSR count). The van der Waals surface area contributed by atoms with Gasteiger partial charge >= 0.3 is 0 Å². The van der Waals surface area contributed by atoms with Crippen LogP contribution in [0.4, 0.5) is 4.39 Å². The molecule has 1 N–H and O–H groups in total. The summed E-state index contributed by atoms with van der Waals surface area (Å²) in [5.41, 5.74) is 1.75. The van der Waals surface area contributed by atoms with Crippen molar-refractivity contribution in [3.63, 3.8) is 0 Å². The van der Waals surface area contributed by atoms with Crippen LogP contribution in [0.3, 0.4) is 0 Å². The van der Waals surface area contributed by atoms with Crippen LogP contribution in [0.15, 0.2) is 55.1 Å². The fourth-order valence-corrected chi connectivity index (χ4v) is 3.91. The number of nitrogens with one attached hydrogen (secondary N) is 1. The Hall–Kier alpha value is -4.58. The van der Waals surface area contributed by atoms with Crippen LogP contribution in [0.2, 0.25) is 5.02 Å². The highest BCUT2D eigenvalue weighted by molar-refractivity contribution is 6.31. The van der Waals surface area contributed by atoms with Crippen molar-refractivity contribution in [3.05, 3.63) is 88.5 Å². The zero-order valence-electron chi connectivity index (χ0n) is 21.1. The molecule has 13 heteroatoms. The molecule has 0 aliphatic rings. The lowest BCUT2D eigenvalue weighted by Gasteiger charge is -2.16. The number of hydrogen-bond donors (Lipinski definition) is 1. The highest BCUT2D eigenvalue weighted by atomic mass is 35.5. The van der Waals surface area contributed by atoms with E-state index in [-0.39, 0.29) is 40.7 Å². The minimum Gasteiger partial charge on any atom is -0.342 e. The van der Waals surface area contributed by atoms with Gasteiger partial charge in [0.2, 0.25) is 5.91 Å². The van der Waals surface area contributed by atoms with Gasteiger partial charge in [-0.3, -0.25) is 24.0 Å². The number of aryl methyl sites for hydroxylation is 1. The molecule has 0 unspecified atom stereocenters. The monoisotopic (exact) mass is 550 g/mol. The number of nitrogens with zero attached hydrogens (tertiary/aromatic N) is 7. The van der Waals surface area contributed by atoms with E-state index in [0.29, 0.717) is 23.5 Å². The van der Waals surface area contributed by atoms with Crippen molar-refractivity contribution in [3.8, 4) is 5.69 Å². The molecule has 1 amide bonds. The Kier molecular flexibility index (Phi) is 8.67. The topological polar surface area (TPSA) is 138 Å². The van der Waals surface area contributed by atoms with E-state index < -0.39 is 17.8 Å². The van der Waals surface area contributed by atoms with E-state index in [1.807, 2.05) is 6.92 Å². The molecule has 4 aromatic rings. The number of rotatable bonds is 11. The van der Waals surface area contributed by atoms with Gasteiger partial charge in [0, 0.05) is 48.3 Å². The van der Waals surface area contributed by atoms with Gasteiger partial charge < -0.3 is 5.32 Å². The van der Waals surface area contributed by atoms with Crippen molar-refractivity contribution >= 4 is 35.2 Å². The van der Waals surface area contributed by atoms with E-state index in [0.717, 1.165) is 6.08 Å². The maximum absolute atomic E-state index is 14.8. The molecule has 0 saturated carbocycles. The summed E-state index contributed by atoms with van der Waals surface area (Å²) < 4.78 is 17.8. The zero-order valence-corrected chi connectivity index (χ0v) is 21.8. The quantitative estimate of drug-likeness (QED) is 0.222. The highest BCUT2D eigenvalue weighted by Gasteiger charge is 2.23. The lowest BCUT2D eigenvalue weighted by molar-refractivity contribution is -0.125. The van der Waals surface area contributed by atoms with Gasteiger partial charge in [-0.05, 0) is 60.7 Å². The van der Waals surface area contributed by atoms with Gasteiger partial charge in [0.1, 0.15) is 6.33 Å². The minimum atomic E-state index is -0.945.